The Bertz CT molecular complexity index is 2080. The largest absolute Gasteiger partial charge is 0.490 e. The van der Waals surface area contributed by atoms with E-state index in [1.165, 1.54) is 61.2 Å². The van der Waals surface area contributed by atoms with Crippen molar-refractivity contribution in [2.24, 2.45) is 0 Å². The van der Waals surface area contributed by atoms with Crippen LogP contribution in [0.15, 0.2) is 60.7 Å². The van der Waals surface area contributed by atoms with Crippen LogP contribution in [0.2, 0.25) is 0 Å². The van der Waals surface area contributed by atoms with E-state index >= 15 is 0 Å². The maximum atomic E-state index is 6.51. The van der Waals surface area contributed by atoms with Gasteiger partial charge in [-0.3, -0.25) is 0 Å². The lowest BCUT2D eigenvalue weighted by Crippen LogP contribution is -2.30. The van der Waals surface area contributed by atoms with Crippen LogP contribution >= 0.6 is 0 Å². The molecule has 3 aliphatic heterocycles. The summed E-state index contributed by atoms with van der Waals surface area (Å²) in [6.07, 6.45) is 0.566. The Morgan fingerprint density at radius 1 is 0.424 bits per heavy atom. The van der Waals surface area contributed by atoms with Crippen LogP contribution in [0.1, 0.15) is 144 Å². The van der Waals surface area contributed by atoms with Crippen molar-refractivity contribution in [3.8, 4) is 17.2 Å². The standard InChI is InChI=1S/C53H70O6/c1-32-20-46(57-29-37-26-54-37)43(49(4,5)6)23-40(32)52(13,14)35-16-18-36(19-17-35)53(15,41-24-44(50(7,8)9)47(21-33(41)2)58-30-38-27-55-38)42-25-45(51(10,11)12)48(22-34(42)3)59-31-39-28-56-39/h16-25,37-39H,26-31H2,1-15H3. The molecule has 4 aromatic carbocycles. The zero-order valence-electron chi connectivity index (χ0n) is 38.7. The Balaban J connectivity index is 1.37. The molecule has 3 atom stereocenters. The summed E-state index contributed by atoms with van der Waals surface area (Å²) in [4.78, 5) is 0. The van der Waals surface area contributed by atoms with Gasteiger partial charge in [0.1, 0.15) is 55.4 Å². The number of ether oxygens (including phenoxy) is 6. The fourth-order valence-corrected chi connectivity index (χ4v) is 8.78. The summed E-state index contributed by atoms with van der Waals surface area (Å²) in [5.41, 5.74) is 12.4. The highest BCUT2D eigenvalue weighted by Crippen LogP contribution is 2.49. The minimum atomic E-state index is -0.521. The van der Waals surface area contributed by atoms with E-state index < -0.39 is 5.41 Å². The molecule has 3 aliphatic rings. The van der Waals surface area contributed by atoms with E-state index in [-0.39, 0.29) is 40.0 Å². The first-order chi connectivity index (χ1) is 27.5. The highest BCUT2D eigenvalue weighted by Gasteiger charge is 2.39. The van der Waals surface area contributed by atoms with Gasteiger partial charge in [0.25, 0.3) is 0 Å². The number of benzene rings is 4. The lowest BCUT2D eigenvalue weighted by molar-refractivity contribution is 0.257. The normalized spacial score (nSPS) is 20.2. The van der Waals surface area contributed by atoms with Gasteiger partial charge in [0, 0.05) is 10.8 Å². The van der Waals surface area contributed by atoms with Gasteiger partial charge in [0.15, 0.2) is 0 Å². The maximum Gasteiger partial charge on any atom is 0.123 e. The molecule has 3 heterocycles. The molecule has 3 unspecified atom stereocenters. The van der Waals surface area contributed by atoms with Crippen molar-refractivity contribution in [3.05, 3.63) is 122 Å². The zero-order valence-corrected chi connectivity index (χ0v) is 38.7. The summed E-state index contributed by atoms with van der Waals surface area (Å²) in [6, 6.07) is 23.5. The molecule has 0 aromatic heterocycles. The molecule has 0 aliphatic carbocycles. The molecule has 6 heteroatoms. The fourth-order valence-electron chi connectivity index (χ4n) is 8.78. The van der Waals surface area contributed by atoms with E-state index in [1.807, 2.05) is 0 Å². The average molecular weight is 803 g/mol. The molecule has 0 saturated carbocycles. The summed E-state index contributed by atoms with van der Waals surface area (Å²) in [6.45, 7) is 38.4. The quantitative estimate of drug-likeness (QED) is 0.0934. The van der Waals surface area contributed by atoms with E-state index in [2.05, 4.69) is 165 Å². The molecule has 0 radical (unpaired) electrons. The predicted molar refractivity (Wildman–Crippen MR) is 239 cm³/mol. The number of hydrogen-bond donors (Lipinski definition) is 0. The zero-order chi connectivity index (χ0) is 42.9. The molecule has 0 spiro atoms. The molecule has 7 rings (SSSR count). The van der Waals surface area contributed by atoms with Crippen LogP contribution in [0, 0.1) is 20.8 Å². The predicted octanol–water partition coefficient (Wildman–Crippen LogP) is 11.5. The molecule has 3 saturated heterocycles. The third-order valence-corrected chi connectivity index (χ3v) is 12.8. The first-order valence-electron chi connectivity index (χ1n) is 21.8. The number of aryl methyl sites for hydroxylation is 3. The Hall–Kier alpha value is -3.84. The highest BCUT2D eigenvalue weighted by atomic mass is 16.6. The molecular formula is C53H70O6. The van der Waals surface area contributed by atoms with Gasteiger partial charge in [-0.2, -0.15) is 0 Å². The summed E-state index contributed by atoms with van der Waals surface area (Å²) in [7, 11) is 0. The Labute approximate surface area is 355 Å². The van der Waals surface area contributed by atoms with Gasteiger partial charge in [-0.25, -0.2) is 0 Å². The Morgan fingerprint density at radius 3 is 1.02 bits per heavy atom. The fraction of sp³-hybridized carbons (Fsp3) is 0.547. The monoisotopic (exact) mass is 803 g/mol. The molecule has 4 aromatic rings. The molecule has 0 N–H and O–H groups in total. The number of hydrogen-bond acceptors (Lipinski definition) is 6. The van der Waals surface area contributed by atoms with E-state index in [0.717, 1.165) is 37.1 Å². The number of rotatable bonds is 14. The van der Waals surface area contributed by atoms with Crippen LogP contribution in [0.3, 0.4) is 0 Å². The topological polar surface area (TPSA) is 65.3 Å². The van der Waals surface area contributed by atoms with Crippen LogP contribution < -0.4 is 14.2 Å². The van der Waals surface area contributed by atoms with Crippen LogP contribution in [-0.4, -0.2) is 58.0 Å². The van der Waals surface area contributed by atoms with Gasteiger partial charge in [-0.1, -0.05) is 119 Å². The van der Waals surface area contributed by atoms with Crippen LogP contribution in [0.25, 0.3) is 0 Å². The number of epoxide rings is 3. The first-order valence-corrected chi connectivity index (χ1v) is 21.8. The van der Waals surface area contributed by atoms with E-state index in [9.17, 15) is 0 Å². The van der Waals surface area contributed by atoms with Crippen molar-refractivity contribution in [3.63, 3.8) is 0 Å². The van der Waals surface area contributed by atoms with E-state index in [1.54, 1.807) is 0 Å². The van der Waals surface area contributed by atoms with Gasteiger partial charge in [-0.05, 0) is 123 Å². The van der Waals surface area contributed by atoms with Gasteiger partial charge in [0.05, 0.1) is 19.8 Å². The van der Waals surface area contributed by atoms with Crippen LogP contribution in [0.4, 0.5) is 0 Å². The van der Waals surface area contributed by atoms with Gasteiger partial charge in [-0.15, -0.1) is 0 Å². The lowest BCUT2D eigenvalue weighted by Gasteiger charge is -2.38. The molecule has 59 heavy (non-hydrogen) atoms. The minimum absolute atomic E-state index is 0.0873. The van der Waals surface area contributed by atoms with Gasteiger partial charge >= 0.3 is 0 Å². The van der Waals surface area contributed by atoms with Crippen molar-refractivity contribution >= 4 is 0 Å². The molecular weight excluding hydrogens is 733 g/mol. The third-order valence-electron chi connectivity index (χ3n) is 12.8. The third kappa shape index (κ3) is 9.26. The van der Waals surface area contributed by atoms with E-state index in [0.29, 0.717) is 19.8 Å². The van der Waals surface area contributed by atoms with Crippen molar-refractivity contribution in [2.75, 3.05) is 39.6 Å². The molecule has 3 fully saturated rings. The van der Waals surface area contributed by atoms with Crippen molar-refractivity contribution < 1.29 is 28.4 Å². The molecule has 6 nitrogen and oxygen atoms in total. The summed E-state index contributed by atoms with van der Waals surface area (Å²) >= 11 is 0. The Kier molecular flexibility index (Phi) is 11.4. The molecule has 0 bridgehead atoms. The van der Waals surface area contributed by atoms with Crippen molar-refractivity contribution in [2.45, 2.75) is 149 Å². The maximum absolute atomic E-state index is 6.51. The summed E-state index contributed by atoms with van der Waals surface area (Å²) in [5.74, 6) is 2.84. The minimum Gasteiger partial charge on any atom is -0.490 e. The smallest absolute Gasteiger partial charge is 0.123 e. The second-order valence-electron chi connectivity index (χ2n) is 21.4. The van der Waals surface area contributed by atoms with Crippen LogP contribution in [-0.2, 0) is 41.3 Å². The average Bonchev–Trinajstić information content (AvgIpc) is 3.99. The summed E-state index contributed by atoms with van der Waals surface area (Å²) in [5, 5.41) is 0. The SMILES string of the molecule is Cc1cc(OCC2CO2)c(C(C)(C)C)cc1C(C)(C)c1ccc(C(C)(c2cc(C(C)(C)C)c(OCC3CO3)cc2C)c2cc(C(C)(C)C)c(OCC3CO3)cc2C)cc1. The first kappa shape index (κ1) is 43.3. The van der Waals surface area contributed by atoms with Crippen LogP contribution in [0.5, 0.6) is 17.2 Å². The molecule has 318 valence electrons. The highest BCUT2D eigenvalue weighted by molar-refractivity contribution is 5.61. The second-order valence-corrected chi connectivity index (χ2v) is 21.4. The van der Waals surface area contributed by atoms with Gasteiger partial charge < -0.3 is 28.4 Å². The summed E-state index contributed by atoms with van der Waals surface area (Å²) < 4.78 is 35.9. The van der Waals surface area contributed by atoms with Crippen molar-refractivity contribution in [1.29, 1.82) is 0 Å². The Morgan fingerprint density at radius 2 is 0.712 bits per heavy atom. The lowest BCUT2D eigenvalue weighted by atomic mass is 9.65. The van der Waals surface area contributed by atoms with Gasteiger partial charge in [0.2, 0.25) is 0 Å². The van der Waals surface area contributed by atoms with E-state index in [4.69, 9.17) is 28.4 Å². The molecule has 0 amide bonds. The van der Waals surface area contributed by atoms with Crippen molar-refractivity contribution in [1.82, 2.24) is 0 Å². The second kappa shape index (κ2) is 15.6.